The maximum atomic E-state index is 3.38. The Hall–Kier alpha value is -0.0800. The molecule has 1 saturated carbocycles. The molecule has 0 bridgehead atoms. The lowest BCUT2D eigenvalue weighted by atomic mass is 9.81. The molecule has 0 radical (unpaired) electrons. The molecule has 1 rings (SSSR count). The highest BCUT2D eigenvalue weighted by Gasteiger charge is 2.30. The summed E-state index contributed by atoms with van der Waals surface area (Å²) < 4.78 is 0. The van der Waals surface area contributed by atoms with Crippen molar-refractivity contribution < 1.29 is 0 Å². The molecule has 0 saturated heterocycles. The van der Waals surface area contributed by atoms with Crippen molar-refractivity contribution in [1.29, 1.82) is 0 Å². The monoisotopic (exact) mass is 226 g/mol. The third-order valence-electron chi connectivity index (χ3n) is 4.58. The van der Waals surface area contributed by atoms with Gasteiger partial charge in [0.1, 0.15) is 0 Å². The van der Waals surface area contributed by atoms with E-state index in [1.165, 1.54) is 45.1 Å². The van der Waals surface area contributed by atoms with Crippen LogP contribution < -0.4 is 5.32 Å². The fraction of sp³-hybridized carbons (Fsp3) is 1.00. The molecule has 1 N–H and O–H groups in total. The lowest BCUT2D eigenvalue weighted by Crippen LogP contribution is -2.44. The Morgan fingerprint density at radius 2 is 1.75 bits per heavy atom. The first kappa shape index (κ1) is 14.0. The van der Waals surface area contributed by atoms with E-state index >= 15 is 0 Å². The molecule has 0 atom stereocenters. The third-order valence-corrected chi connectivity index (χ3v) is 4.58. The Labute approximate surface area is 102 Å². The van der Waals surface area contributed by atoms with Gasteiger partial charge >= 0.3 is 0 Å². The van der Waals surface area contributed by atoms with Crippen LogP contribution in [0, 0.1) is 5.41 Å². The maximum absolute atomic E-state index is 3.38. The van der Waals surface area contributed by atoms with Gasteiger partial charge in [0.15, 0.2) is 0 Å². The Morgan fingerprint density at radius 1 is 1.19 bits per heavy atom. The molecule has 1 aliphatic rings. The van der Waals surface area contributed by atoms with Crippen LogP contribution in [-0.2, 0) is 0 Å². The molecule has 96 valence electrons. The Bertz CT molecular complexity index is 181. The van der Waals surface area contributed by atoms with E-state index in [2.05, 4.69) is 38.2 Å². The number of rotatable bonds is 7. The van der Waals surface area contributed by atoms with Gasteiger partial charge in [0.2, 0.25) is 0 Å². The minimum absolute atomic E-state index is 0.478. The van der Waals surface area contributed by atoms with Crippen LogP contribution in [0.15, 0.2) is 0 Å². The number of hydrogen-bond donors (Lipinski definition) is 1. The van der Waals surface area contributed by atoms with Crippen LogP contribution in [0.5, 0.6) is 0 Å². The summed E-state index contributed by atoms with van der Waals surface area (Å²) >= 11 is 0. The lowest BCUT2D eigenvalue weighted by molar-refractivity contribution is 0.125. The Balaban J connectivity index is 2.52. The highest BCUT2D eigenvalue weighted by molar-refractivity contribution is 4.85. The van der Waals surface area contributed by atoms with E-state index in [0.717, 1.165) is 12.6 Å². The normalized spacial score (nSPS) is 18.6. The van der Waals surface area contributed by atoms with E-state index < -0.39 is 0 Å². The van der Waals surface area contributed by atoms with E-state index in [0.29, 0.717) is 5.41 Å². The molecule has 0 heterocycles. The van der Waals surface area contributed by atoms with Crippen LogP contribution in [-0.4, -0.2) is 38.1 Å². The molecule has 0 unspecified atom stereocenters. The van der Waals surface area contributed by atoms with E-state index in [-0.39, 0.29) is 0 Å². The lowest BCUT2D eigenvalue weighted by Gasteiger charge is -2.38. The van der Waals surface area contributed by atoms with Crippen LogP contribution in [0.2, 0.25) is 0 Å². The van der Waals surface area contributed by atoms with Crippen LogP contribution in [0.4, 0.5) is 0 Å². The van der Waals surface area contributed by atoms with Gasteiger partial charge in [0, 0.05) is 19.1 Å². The molecule has 1 fully saturated rings. The van der Waals surface area contributed by atoms with Crippen LogP contribution in [0.25, 0.3) is 0 Å². The standard InChI is InChI=1S/C14H30N2/c1-5-14(6-2,11-15-3)12-16(4)13-9-7-8-10-13/h13,15H,5-12H2,1-4H3. The fourth-order valence-electron chi connectivity index (χ4n) is 3.16. The van der Waals surface area contributed by atoms with Gasteiger partial charge in [-0.2, -0.15) is 0 Å². The molecule has 0 aromatic heterocycles. The van der Waals surface area contributed by atoms with Gasteiger partial charge in [-0.15, -0.1) is 0 Å². The first-order valence-electron chi connectivity index (χ1n) is 7.02. The van der Waals surface area contributed by atoms with Crippen LogP contribution in [0.3, 0.4) is 0 Å². The molecular formula is C14H30N2. The van der Waals surface area contributed by atoms with Gasteiger partial charge in [-0.05, 0) is 45.2 Å². The predicted molar refractivity (Wildman–Crippen MR) is 71.8 cm³/mol. The average molecular weight is 226 g/mol. The van der Waals surface area contributed by atoms with Crippen molar-refractivity contribution in [3.63, 3.8) is 0 Å². The Morgan fingerprint density at radius 3 is 2.19 bits per heavy atom. The van der Waals surface area contributed by atoms with E-state index in [4.69, 9.17) is 0 Å². The average Bonchev–Trinajstić information content (AvgIpc) is 2.82. The summed E-state index contributed by atoms with van der Waals surface area (Å²) in [6.07, 6.45) is 8.26. The van der Waals surface area contributed by atoms with Crippen molar-refractivity contribution in [3.8, 4) is 0 Å². The predicted octanol–water partition coefficient (Wildman–Crippen LogP) is 2.89. The highest BCUT2D eigenvalue weighted by Crippen LogP contribution is 2.30. The molecule has 16 heavy (non-hydrogen) atoms. The van der Waals surface area contributed by atoms with Gasteiger partial charge in [0.05, 0.1) is 0 Å². The third kappa shape index (κ3) is 3.46. The minimum atomic E-state index is 0.478. The second kappa shape index (κ2) is 6.61. The second-order valence-corrected chi connectivity index (χ2v) is 5.59. The zero-order valence-electron chi connectivity index (χ0n) is 11.7. The molecule has 2 heteroatoms. The quantitative estimate of drug-likeness (QED) is 0.718. The van der Waals surface area contributed by atoms with E-state index in [1.54, 1.807) is 0 Å². The van der Waals surface area contributed by atoms with Crippen molar-refractivity contribution in [2.24, 2.45) is 5.41 Å². The van der Waals surface area contributed by atoms with Gasteiger partial charge < -0.3 is 10.2 Å². The fourth-order valence-corrected chi connectivity index (χ4v) is 3.16. The SMILES string of the molecule is CCC(CC)(CNC)CN(C)C1CCCC1. The number of nitrogens with zero attached hydrogens (tertiary/aromatic N) is 1. The summed E-state index contributed by atoms with van der Waals surface area (Å²) in [6, 6.07) is 0.856. The van der Waals surface area contributed by atoms with Crippen molar-refractivity contribution >= 4 is 0 Å². The van der Waals surface area contributed by atoms with E-state index in [9.17, 15) is 0 Å². The zero-order valence-corrected chi connectivity index (χ0v) is 11.7. The van der Waals surface area contributed by atoms with Crippen molar-refractivity contribution in [1.82, 2.24) is 10.2 Å². The molecule has 0 amide bonds. The summed E-state index contributed by atoms with van der Waals surface area (Å²) in [5, 5.41) is 3.38. The van der Waals surface area contributed by atoms with Crippen LogP contribution >= 0.6 is 0 Å². The molecule has 0 spiro atoms. The molecule has 0 aromatic carbocycles. The molecule has 0 aliphatic heterocycles. The summed E-state index contributed by atoms with van der Waals surface area (Å²) in [6.45, 7) is 7.08. The molecule has 0 aromatic rings. The van der Waals surface area contributed by atoms with Crippen molar-refractivity contribution in [3.05, 3.63) is 0 Å². The maximum Gasteiger partial charge on any atom is 0.00924 e. The van der Waals surface area contributed by atoms with Crippen LogP contribution in [0.1, 0.15) is 52.4 Å². The second-order valence-electron chi connectivity index (χ2n) is 5.59. The smallest absolute Gasteiger partial charge is 0.00924 e. The summed E-state index contributed by atoms with van der Waals surface area (Å²) in [7, 11) is 4.40. The highest BCUT2D eigenvalue weighted by atomic mass is 15.1. The number of nitrogens with one attached hydrogen (secondary N) is 1. The summed E-state index contributed by atoms with van der Waals surface area (Å²) in [5.74, 6) is 0. The minimum Gasteiger partial charge on any atom is -0.319 e. The van der Waals surface area contributed by atoms with Gasteiger partial charge in [-0.1, -0.05) is 26.7 Å². The van der Waals surface area contributed by atoms with E-state index in [1.807, 2.05) is 0 Å². The summed E-state index contributed by atoms with van der Waals surface area (Å²) in [5.41, 5.74) is 0.478. The zero-order chi connectivity index (χ0) is 12.0. The molecule has 2 nitrogen and oxygen atoms in total. The topological polar surface area (TPSA) is 15.3 Å². The first-order chi connectivity index (χ1) is 7.67. The number of hydrogen-bond acceptors (Lipinski definition) is 2. The Kier molecular flexibility index (Phi) is 5.77. The largest absolute Gasteiger partial charge is 0.319 e. The van der Waals surface area contributed by atoms with Crippen molar-refractivity contribution in [2.45, 2.75) is 58.4 Å². The van der Waals surface area contributed by atoms with Crippen molar-refractivity contribution in [2.75, 3.05) is 27.2 Å². The first-order valence-corrected chi connectivity index (χ1v) is 7.02. The van der Waals surface area contributed by atoms with Gasteiger partial charge in [0.25, 0.3) is 0 Å². The van der Waals surface area contributed by atoms with Gasteiger partial charge in [-0.25, -0.2) is 0 Å². The molecular weight excluding hydrogens is 196 g/mol. The molecule has 1 aliphatic carbocycles. The van der Waals surface area contributed by atoms with Gasteiger partial charge in [-0.3, -0.25) is 0 Å². The summed E-state index contributed by atoms with van der Waals surface area (Å²) in [4.78, 5) is 2.62.